The molecule has 0 aliphatic rings. The summed E-state index contributed by atoms with van der Waals surface area (Å²) in [7, 11) is 0. The number of rotatable bonds is 6. The van der Waals surface area contributed by atoms with E-state index in [2.05, 4.69) is 5.32 Å². The lowest BCUT2D eigenvalue weighted by atomic mass is 10.0. The molecule has 1 amide bonds. The van der Waals surface area contributed by atoms with Gasteiger partial charge < -0.3 is 10.1 Å². The first-order valence-corrected chi connectivity index (χ1v) is 8.09. The average molecular weight is 325 g/mol. The van der Waals surface area contributed by atoms with E-state index in [1.165, 1.54) is 0 Å². The maximum Gasteiger partial charge on any atom is 0.338 e. The minimum Gasteiger partial charge on any atom is -0.452 e. The van der Waals surface area contributed by atoms with Crippen molar-refractivity contribution >= 4 is 11.9 Å². The van der Waals surface area contributed by atoms with Gasteiger partial charge in [0.05, 0.1) is 5.56 Å². The Bertz CT molecular complexity index is 678. The molecule has 0 aliphatic heterocycles. The maximum absolute atomic E-state index is 12.0. The molecule has 0 spiro atoms. The number of amides is 1. The van der Waals surface area contributed by atoms with Crippen LogP contribution < -0.4 is 5.32 Å². The molecule has 2 rings (SSSR count). The molecule has 0 aromatic heterocycles. The van der Waals surface area contributed by atoms with Crippen LogP contribution in [0.1, 0.15) is 31.1 Å². The molecule has 126 valence electrons. The second kappa shape index (κ2) is 8.29. The molecule has 2 aromatic carbocycles. The third-order valence-electron chi connectivity index (χ3n) is 3.95. The summed E-state index contributed by atoms with van der Waals surface area (Å²) in [5.41, 5.74) is 2.54. The Morgan fingerprint density at radius 1 is 0.917 bits per heavy atom. The molecule has 2 aromatic rings. The molecule has 0 saturated carbocycles. The zero-order valence-corrected chi connectivity index (χ0v) is 14.3. The highest BCUT2D eigenvalue weighted by atomic mass is 16.5. The Labute approximate surface area is 142 Å². The Morgan fingerprint density at radius 2 is 1.50 bits per heavy atom. The predicted molar refractivity (Wildman–Crippen MR) is 94.6 cm³/mol. The van der Waals surface area contributed by atoms with Crippen molar-refractivity contribution in [3.8, 4) is 11.1 Å². The minimum atomic E-state index is -0.498. The Hall–Kier alpha value is -2.62. The molecule has 0 aliphatic carbocycles. The van der Waals surface area contributed by atoms with Crippen LogP contribution in [0.3, 0.4) is 0 Å². The number of nitrogens with one attached hydrogen (secondary N) is 1. The van der Waals surface area contributed by atoms with Crippen LogP contribution >= 0.6 is 0 Å². The van der Waals surface area contributed by atoms with Crippen molar-refractivity contribution in [2.75, 3.05) is 6.61 Å². The zero-order chi connectivity index (χ0) is 17.5. The summed E-state index contributed by atoms with van der Waals surface area (Å²) in [5.74, 6) is -0.456. The summed E-state index contributed by atoms with van der Waals surface area (Å²) in [4.78, 5) is 23.8. The number of carbonyl (C=O) groups is 2. The van der Waals surface area contributed by atoms with Gasteiger partial charge in [-0.2, -0.15) is 0 Å². The molecule has 0 saturated heterocycles. The standard InChI is InChI=1S/C20H23NO3/c1-14(2)15(3)21-19(22)13-24-20(23)18-11-9-17(10-12-18)16-7-5-4-6-8-16/h4-12,14-15H,13H2,1-3H3,(H,21,22)/t15-/m0/s1. The van der Waals surface area contributed by atoms with E-state index in [0.29, 0.717) is 11.5 Å². The molecule has 0 heterocycles. The van der Waals surface area contributed by atoms with Crippen molar-refractivity contribution in [2.45, 2.75) is 26.8 Å². The zero-order valence-electron chi connectivity index (χ0n) is 14.3. The Morgan fingerprint density at radius 3 is 2.08 bits per heavy atom. The van der Waals surface area contributed by atoms with E-state index in [-0.39, 0.29) is 18.6 Å². The SMILES string of the molecule is CC(C)[C@H](C)NC(=O)COC(=O)c1ccc(-c2ccccc2)cc1. The maximum atomic E-state index is 12.0. The lowest BCUT2D eigenvalue weighted by Gasteiger charge is -2.17. The van der Waals surface area contributed by atoms with Crippen molar-refractivity contribution in [2.24, 2.45) is 5.92 Å². The van der Waals surface area contributed by atoms with Gasteiger partial charge in [0.15, 0.2) is 6.61 Å². The topological polar surface area (TPSA) is 55.4 Å². The highest BCUT2D eigenvalue weighted by molar-refractivity contribution is 5.91. The van der Waals surface area contributed by atoms with Gasteiger partial charge in [-0.3, -0.25) is 4.79 Å². The fraction of sp³-hybridized carbons (Fsp3) is 0.300. The largest absolute Gasteiger partial charge is 0.452 e. The van der Waals surface area contributed by atoms with Crippen LogP contribution in [0, 0.1) is 5.92 Å². The molecule has 4 nitrogen and oxygen atoms in total. The van der Waals surface area contributed by atoms with Crippen LogP contribution in [-0.2, 0) is 9.53 Å². The average Bonchev–Trinajstić information content (AvgIpc) is 2.60. The van der Waals surface area contributed by atoms with E-state index >= 15 is 0 Å². The Kier molecular flexibility index (Phi) is 6.13. The van der Waals surface area contributed by atoms with E-state index in [1.54, 1.807) is 12.1 Å². The first kappa shape index (κ1) is 17.7. The summed E-state index contributed by atoms with van der Waals surface area (Å²) in [6.07, 6.45) is 0. The van der Waals surface area contributed by atoms with Gasteiger partial charge in [0.25, 0.3) is 5.91 Å². The third-order valence-corrected chi connectivity index (χ3v) is 3.95. The van der Waals surface area contributed by atoms with Crippen molar-refractivity contribution in [1.82, 2.24) is 5.32 Å². The highest BCUT2D eigenvalue weighted by Crippen LogP contribution is 2.19. The fourth-order valence-electron chi connectivity index (χ4n) is 2.11. The van der Waals surface area contributed by atoms with Crippen LogP contribution in [0.5, 0.6) is 0 Å². The molecule has 0 bridgehead atoms. The first-order valence-electron chi connectivity index (χ1n) is 8.09. The van der Waals surface area contributed by atoms with Gasteiger partial charge in [-0.25, -0.2) is 4.79 Å². The lowest BCUT2D eigenvalue weighted by molar-refractivity contribution is -0.125. The molecule has 24 heavy (non-hydrogen) atoms. The number of carbonyl (C=O) groups excluding carboxylic acids is 2. The molecule has 0 fully saturated rings. The van der Waals surface area contributed by atoms with Crippen molar-refractivity contribution in [3.05, 3.63) is 60.2 Å². The summed E-state index contributed by atoms with van der Waals surface area (Å²) in [5, 5.41) is 2.80. The number of hydrogen-bond donors (Lipinski definition) is 1. The molecular weight excluding hydrogens is 302 g/mol. The Balaban J connectivity index is 1.90. The molecular formula is C20H23NO3. The van der Waals surface area contributed by atoms with Crippen LogP contribution in [-0.4, -0.2) is 24.5 Å². The monoisotopic (exact) mass is 325 g/mol. The molecule has 0 radical (unpaired) electrons. The van der Waals surface area contributed by atoms with Gasteiger partial charge >= 0.3 is 5.97 Å². The number of ether oxygens (including phenoxy) is 1. The van der Waals surface area contributed by atoms with Crippen molar-refractivity contribution < 1.29 is 14.3 Å². The van der Waals surface area contributed by atoms with Crippen molar-refractivity contribution in [1.29, 1.82) is 0 Å². The first-order chi connectivity index (χ1) is 11.5. The third kappa shape index (κ3) is 4.95. The van der Waals surface area contributed by atoms with Crippen LogP contribution in [0.25, 0.3) is 11.1 Å². The van der Waals surface area contributed by atoms with Gasteiger partial charge in [0, 0.05) is 6.04 Å². The van der Waals surface area contributed by atoms with Gasteiger partial charge in [0.2, 0.25) is 0 Å². The van der Waals surface area contributed by atoms with E-state index in [0.717, 1.165) is 11.1 Å². The van der Waals surface area contributed by atoms with Crippen molar-refractivity contribution in [3.63, 3.8) is 0 Å². The minimum absolute atomic E-state index is 0.0429. The molecule has 4 heteroatoms. The molecule has 0 unspecified atom stereocenters. The van der Waals surface area contributed by atoms with Crippen LogP contribution in [0.2, 0.25) is 0 Å². The van der Waals surface area contributed by atoms with E-state index in [1.807, 2.05) is 63.2 Å². The normalized spacial score (nSPS) is 11.8. The number of hydrogen-bond acceptors (Lipinski definition) is 3. The van der Waals surface area contributed by atoms with E-state index in [4.69, 9.17) is 4.74 Å². The van der Waals surface area contributed by atoms with Gasteiger partial charge in [-0.05, 0) is 36.1 Å². The second-order valence-corrected chi connectivity index (χ2v) is 6.12. The summed E-state index contributed by atoms with van der Waals surface area (Å²) in [6.45, 7) is 5.69. The smallest absolute Gasteiger partial charge is 0.338 e. The predicted octanol–water partition coefficient (Wildman–Crippen LogP) is 3.67. The van der Waals surface area contributed by atoms with E-state index < -0.39 is 5.97 Å². The summed E-state index contributed by atoms with van der Waals surface area (Å²) in [6, 6.07) is 17.1. The summed E-state index contributed by atoms with van der Waals surface area (Å²) >= 11 is 0. The highest BCUT2D eigenvalue weighted by Gasteiger charge is 2.13. The van der Waals surface area contributed by atoms with Crippen LogP contribution in [0.15, 0.2) is 54.6 Å². The molecule has 1 N–H and O–H groups in total. The number of benzene rings is 2. The number of esters is 1. The second-order valence-electron chi connectivity index (χ2n) is 6.12. The lowest BCUT2D eigenvalue weighted by Crippen LogP contribution is -2.38. The van der Waals surface area contributed by atoms with Crippen LogP contribution in [0.4, 0.5) is 0 Å². The summed E-state index contributed by atoms with van der Waals surface area (Å²) < 4.78 is 5.07. The van der Waals surface area contributed by atoms with E-state index in [9.17, 15) is 9.59 Å². The quantitative estimate of drug-likeness (QED) is 0.825. The van der Waals surface area contributed by atoms with Gasteiger partial charge in [0.1, 0.15) is 0 Å². The fourth-order valence-corrected chi connectivity index (χ4v) is 2.11. The van der Waals surface area contributed by atoms with Gasteiger partial charge in [-0.1, -0.05) is 56.3 Å². The molecule has 1 atom stereocenters. The van der Waals surface area contributed by atoms with Gasteiger partial charge in [-0.15, -0.1) is 0 Å².